The van der Waals surface area contributed by atoms with Crippen LogP contribution in [0.15, 0.2) is 41.5 Å². The standard InChI is InChI=1S/C22H31N5.HI/c1-3-18-9-8-10-19(4-2)21(18)26-22(23)25-16-17-11-12-24-20(15-17)27-13-6-5-7-14-27;/h8-12,15H,3-7,13-14,16H2,1-2H3,(H3,23,25,26);1H. The van der Waals surface area contributed by atoms with Crippen LogP contribution in [0.2, 0.25) is 0 Å². The zero-order valence-electron chi connectivity index (χ0n) is 16.9. The average Bonchev–Trinajstić information content (AvgIpc) is 2.73. The largest absolute Gasteiger partial charge is 0.370 e. The van der Waals surface area contributed by atoms with Crippen molar-refractivity contribution in [1.29, 1.82) is 0 Å². The topological polar surface area (TPSA) is 66.5 Å². The van der Waals surface area contributed by atoms with Crippen molar-refractivity contribution in [1.82, 2.24) is 4.98 Å². The third kappa shape index (κ3) is 5.83. The van der Waals surface area contributed by atoms with Gasteiger partial charge < -0.3 is 16.0 Å². The van der Waals surface area contributed by atoms with Crippen LogP contribution >= 0.6 is 24.0 Å². The molecule has 1 aliphatic rings. The molecule has 0 saturated carbocycles. The van der Waals surface area contributed by atoms with E-state index in [1.54, 1.807) is 0 Å². The molecule has 0 bridgehead atoms. The molecule has 152 valence electrons. The van der Waals surface area contributed by atoms with Gasteiger partial charge >= 0.3 is 0 Å². The fraction of sp³-hybridized carbons (Fsp3) is 0.455. The second-order valence-corrected chi connectivity index (χ2v) is 7.05. The van der Waals surface area contributed by atoms with Crippen molar-refractivity contribution >= 4 is 41.4 Å². The van der Waals surface area contributed by atoms with Crippen LogP contribution in [-0.4, -0.2) is 24.0 Å². The molecule has 28 heavy (non-hydrogen) atoms. The fourth-order valence-electron chi connectivity index (χ4n) is 3.60. The number of halogens is 1. The summed E-state index contributed by atoms with van der Waals surface area (Å²) in [6, 6.07) is 10.5. The van der Waals surface area contributed by atoms with Gasteiger partial charge in [-0.3, -0.25) is 0 Å². The minimum Gasteiger partial charge on any atom is -0.370 e. The Morgan fingerprint density at radius 1 is 1.11 bits per heavy atom. The number of piperidine rings is 1. The van der Waals surface area contributed by atoms with E-state index in [2.05, 4.69) is 58.3 Å². The van der Waals surface area contributed by atoms with Crippen LogP contribution in [0, 0.1) is 0 Å². The Morgan fingerprint density at radius 3 is 2.43 bits per heavy atom. The van der Waals surface area contributed by atoms with E-state index in [9.17, 15) is 0 Å². The molecule has 1 saturated heterocycles. The molecule has 0 unspecified atom stereocenters. The van der Waals surface area contributed by atoms with E-state index in [0.29, 0.717) is 12.5 Å². The Bertz CT molecular complexity index is 762. The number of rotatable bonds is 6. The van der Waals surface area contributed by atoms with Crippen molar-refractivity contribution in [3.63, 3.8) is 0 Å². The Morgan fingerprint density at radius 2 is 1.79 bits per heavy atom. The number of nitrogens with two attached hydrogens (primary N) is 1. The van der Waals surface area contributed by atoms with E-state index >= 15 is 0 Å². The van der Waals surface area contributed by atoms with Gasteiger partial charge in [-0.1, -0.05) is 32.0 Å². The van der Waals surface area contributed by atoms with Gasteiger partial charge in [-0.2, -0.15) is 0 Å². The second-order valence-electron chi connectivity index (χ2n) is 7.05. The monoisotopic (exact) mass is 493 g/mol. The maximum Gasteiger partial charge on any atom is 0.193 e. The van der Waals surface area contributed by atoms with E-state index in [1.807, 2.05) is 12.3 Å². The lowest BCUT2D eigenvalue weighted by molar-refractivity contribution is 0.573. The third-order valence-corrected chi connectivity index (χ3v) is 5.17. The summed E-state index contributed by atoms with van der Waals surface area (Å²) in [5.74, 6) is 1.51. The van der Waals surface area contributed by atoms with E-state index in [-0.39, 0.29) is 24.0 Å². The van der Waals surface area contributed by atoms with Gasteiger partial charge in [0.2, 0.25) is 0 Å². The van der Waals surface area contributed by atoms with Gasteiger partial charge in [0.05, 0.1) is 6.54 Å². The van der Waals surface area contributed by atoms with Gasteiger partial charge in [0.25, 0.3) is 0 Å². The molecule has 1 aliphatic heterocycles. The number of nitrogens with one attached hydrogen (secondary N) is 1. The van der Waals surface area contributed by atoms with E-state index < -0.39 is 0 Å². The molecule has 3 rings (SSSR count). The number of aliphatic imine (C=N–C) groups is 1. The molecule has 6 heteroatoms. The molecule has 2 aromatic rings. The summed E-state index contributed by atoms with van der Waals surface area (Å²) in [5, 5.41) is 3.33. The Labute approximate surface area is 185 Å². The van der Waals surface area contributed by atoms with Gasteiger partial charge in [-0.05, 0) is 60.9 Å². The van der Waals surface area contributed by atoms with Gasteiger partial charge in [0, 0.05) is 25.0 Å². The first-order valence-electron chi connectivity index (χ1n) is 10.1. The number of hydrogen-bond acceptors (Lipinski definition) is 3. The molecule has 0 aliphatic carbocycles. The highest BCUT2D eigenvalue weighted by Crippen LogP contribution is 2.22. The summed E-state index contributed by atoms with van der Waals surface area (Å²) in [6.07, 6.45) is 7.62. The van der Waals surface area contributed by atoms with Crippen molar-refractivity contribution in [2.75, 3.05) is 23.3 Å². The lowest BCUT2D eigenvalue weighted by Gasteiger charge is -2.27. The summed E-state index contributed by atoms with van der Waals surface area (Å²) in [5.41, 5.74) is 11.0. The van der Waals surface area contributed by atoms with Crippen LogP contribution in [0.4, 0.5) is 11.5 Å². The molecule has 0 spiro atoms. The Balaban J connectivity index is 0.00000280. The Kier molecular flexibility index (Phi) is 9.02. The quantitative estimate of drug-likeness (QED) is 0.347. The number of guanidine groups is 1. The third-order valence-electron chi connectivity index (χ3n) is 5.17. The fourth-order valence-corrected chi connectivity index (χ4v) is 3.60. The molecule has 1 aromatic heterocycles. The van der Waals surface area contributed by atoms with E-state index in [0.717, 1.165) is 43.0 Å². The Hall–Kier alpha value is -1.83. The molecule has 1 aromatic carbocycles. The van der Waals surface area contributed by atoms with Crippen molar-refractivity contribution in [2.45, 2.75) is 52.5 Å². The average molecular weight is 493 g/mol. The summed E-state index contributed by atoms with van der Waals surface area (Å²) >= 11 is 0. The number of benzene rings is 1. The zero-order chi connectivity index (χ0) is 19.1. The lowest BCUT2D eigenvalue weighted by Crippen LogP contribution is -2.30. The number of pyridine rings is 1. The second kappa shape index (κ2) is 11.2. The van der Waals surface area contributed by atoms with Crippen LogP contribution in [0.25, 0.3) is 0 Å². The van der Waals surface area contributed by atoms with Crippen molar-refractivity contribution < 1.29 is 0 Å². The first-order chi connectivity index (χ1) is 13.2. The van der Waals surface area contributed by atoms with Crippen LogP contribution in [0.3, 0.4) is 0 Å². The predicted octanol–water partition coefficient (Wildman–Crippen LogP) is 4.74. The number of para-hydroxylation sites is 1. The highest BCUT2D eigenvalue weighted by atomic mass is 127. The first kappa shape index (κ1) is 22.5. The summed E-state index contributed by atoms with van der Waals surface area (Å²) < 4.78 is 0. The molecule has 5 nitrogen and oxygen atoms in total. The molecular weight excluding hydrogens is 461 g/mol. The number of nitrogens with zero attached hydrogens (tertiary/aromatic N) is 3. The van der Waals surface area contributed by atoms with Gasteiger partial charge in [0.1, 0.15) is 5.82 Å². The SMILES string of the molecule is CCc1cccc(CC)c1NC(N)=NCc1ccnc(N2CCCCC2)c1.I. The maximum atomic E-state index is 6.19. The number of hydrogen-bond donors (Lipinski definition) is 2. The number of aryl methyl sites for hydroxylation is 2. The highest BCUT2D eigenvalue weighted by molar-refractivity contribution is 14.0. The molecule has 1 fully saturated rings. The molecular formula is C22H32IN5. The summed E-state index contributed by atoms with van der Waals surface area (Å²) in [4.78, 5) is 11.5. The minimum atomic E-state index is 0. The van der Waals surface area contributed by atoms with Crippen LogP contribution in [0.1, 0.15) is 49.8 Å². The molecule has 2 heterocycles. The van der Waals surface area contributed by atoms with Crippen LogP contribution in [0.5, 0.6) is 0 Å². The van der Waals surface area contributed by atoms with E-state index in [1.165, 1.54) is 30.4 Å². The first-order valence-corrected chi connectivity index (χ1v) is 10.1. The molecule has 3 N–H and O–H groups in total. The predicted molar refractivity (Wildman–Crippen MR) is 130 cm³/mol. The van der Waals surface area contributed by atoms with Gasteiger partial charge in [-0.25, -0.2) is 9.98 Å². The van der Waals surface area contributed by atoms with Crippen molar-refractivity contribution in [3.05, 3.63) is 53.2 Å². The van der Waals surface area contributed by atoms with Crippen molar-refractivity contribution in [3.8, 4) is 0 Å². The summed E-state index contributed by atoms with van der Waals surface area (Å²) in [6.45, 7) is 7.06. The van der Waals surface area contributed by atoms with Crippen LogP contribution in [-0.2, 0) is 19.4 Å². The number of anilines is 2. The molecule has 0 atom stereocenters. The van der Waals surface area contributed by atoms with Gasteiger partial charge in [0.15, 0.2) is 5.96 Å². The van der Waals surface area contributed by atoms with Crippen molar-refractivity contribution in [2.24, 2.45) is 10.7 Å². The highest BCUT2D eigenvalue weighted by Gasteiger charge is 2.12. The minimum absolute atomic E-state index is 0. The smallest absolute Gasteiger partial charge is 0.193 e. The van der Waals surface area contributed by atoms with Crippen LogP contribution < -0.4 is 16.0 Å². The number of aromatic nitrogens is 1. The maximum absolute atomic E-state index is 6.19. The van der Waals surface area contributed by atoms with Gasteiger partial charge in [-0.15, -0.1) is 24.0 Å². The molecule has 0 amide bonds. The zero-order valence-corrected chi connectivity index (χ0v) is 19.3. The normalized spacial score (nSPS) is 14.5. The lowest BCUT2D eigenvalue weighted by atomic mass is 10.0. The molecule has 0 radical (unpaired) electrons. The summed E-state index contributed by atoms with van der Waals surface area (Å²) in [7, 11) is 0. The van der Waals surface area contributed by atoms with E-state index in [4.69, 9.17) is 5.73 Å².